The summed E-state index contributed by atoms with van der Waals surface area (Å²) < 4.78 is 40.8. The number of benzene rings is 1. The van der Waals surface area contributed by atoms with Crippen molar-refractivity contribution in [1.29, 1.82) is 0 Å². The van der Waals surface area contributed by atoms with E-state index in [9.17, 15) is 8.42 Å². The molecule has 8 heteroatoms. The van der Waals surface area contributed by atoms with Crippen LogP contribution in [0, 0.1) is 0 Å². The lowest BCUT2D eigenvalue weighted by atomic mass is 10.1. The first-order chi connectivity index (χ1) is 11.1. The average Bonchev–Trinajstić information content (AvgIpc) is 3.01. The van der Waals surface area contributed by atoms with E-state index >= 15 is 0 Å². The number of nitrogens with zero attached hydrogens (tertiary/aromatic N) is 2. The molecule has 0 unspecified atom stereocenters. The van der Waals surface area contributed by atoms with E-state index < -0.39 is 10.0 Å². The Labute approximate surface area is 134 Å². The molecule has 0 spiro atoms. The third-order valence-corrected chi connectivity index (χ3v) is 5.61. The second-order valence-electron chi connectivity index (χ2n) is 5.66. The molecule has 1 atom stereocenters. The van der Waals surface area contributed by atoms with Gasteiger partial charge in [0.05, 0.1) is 4.90 Å². The van der Waals surface area contributed by atoms with Gasteiger partial charge in [0.25, 0.3) is 0 Å². The van der Waals surface area contributed by atoms with Crippen LogP contribution < -0.4 is 14.2 Å². The van der Waals surface area contributed by atoms with Gasteiger partial charge in [-0.1, -0.05) is 0 Å². The third-order valence-electron chi connectivity index (χ3n) is 4.10. The van der Waals surface area contributed by atoms with E-state index in [1.54, 1.807) is 18.3 Å². The highest BCUT2D eigenvalue weighted by molar-refractivity contribution is 7.89. The van der Waals surface area contributed by atoms with E-state index in [1.165, 1.54) is 6.07 Å². The molecule has 0 radical (unpaired) electrons. The predicted molar refractivity (Wildman–Crippen MR) is 82.1 cm³/mol. The van der Waals surface area contributed by atoms with Crippen molar-refractivity contribution in [3.63, 3.8) is 0 Å². The molecule has 1 N–H and O–H groups in total. The van der Waals surface area contributed by atoms with Crippen molar-refractivity contribution in [1.82, 2.24) is 14.5 Å². The molecule has 0 fully saturated rings. The molecule has 0 saturated heterocycles. The van der Waals surface area contributed by atoms with Crippen molar-refractivity contribution in [3.05, 3.63) is 36.2 Å². The molecule has 2 aliphatic rings. The minimum Gasteiger partial charge on any atom is -0.486 e. The van der Waals surface area contributed by atoms with E-state index in [0.29, 0.717) is 31.1 Å². The minimum absolute atomic E-state index is 0.127. The Kier molecular flexibility index (Phi) is 3.50. The van der Waals surface area contributed by atoms with Crippen LogP contribution in [-0.4, -0.2) is 37.5 Å². The van der Waals surface area contributed by atoms with Crippen molar-refractivity contribution in [2.24, 2.45) is 0 Å². The van der Waals surface area contributed by atoms with Crippen LogP contribution in [0.5, 0.6) is 11.5 Å². The highest BCUT2D eigenvalue weighted by Crippen LogP contribution is 2.32. The van der Waals surface area contributed by atoms with Gasteiger partial charge in [0.15, 0.2) is 11.5 Å². The molecule has 2 aliphatic heterocycles. The number of ether oxygens (including phenoxy) is 2. The molecule has 0 bridgehead atoms. The smallest absolute Gasteiger partial charge is 0.240 e. The number of rotatable bonds is 3. The summed E-state index contributed by atoms with van der Waals surface area (Å²) in [4.78, 5) is 0.195. The van der Waals surface area contributed by atoms with Crippen molar-refractivity contribution >= 4 is 10.0 Å². The maximum atomic E-state index is 12.6. The Morgan fingerprint density at radius 1 is 1.17 bits per heavy atom. The Morgan fingerprint density at radius 3 is 2.87 bits per heavy atom. The lowest BCUT2D eigenvalue weighted by Crippen LogP contribution is -2.40. The predicted octanol–water partition coefficient (Wildman–Crippen LogP) is 0.948. The Bertz CT molecular complexity index is 831. The van der Waals surface area contributed by atoms with Crippen LogP contribution in [0.1, 0.15) is 12.1 Å². The maximum Gasteiger partial charge on any atom is 0.240 e. The van der Waals surface area contributed by atoms with Crippen LogP contribution in [0.2, 0.25) is 0 Å². The quantitative estimate of drug-likeness (QED) is 0.903. The summed E-state index contributed by atoms with van der Waals surface area (Å²) >= 11 is 0. The fourth-order valence-corrected chi connectivity index (χ4v) is 4.23. The zero-order valence-corrected chi connectivity index (χ0v) is 13.3. The first-order valence-corrected chi connectivity index (χ1v) is 9.03. The summed E-state index contributed by atoms with van der Waals surface area (Å²) in [7, 11) is -3.59. The van der Waals surface area contributed by atoms with Gasteiger partial charge in [-0.05, 0) is 24.6 Å². The molecule has 122 valence electrons. The monoisotopic (exact) mass is 335 g/mol. The summed E-state index contributed by atoms with van der Waals surface area (Å²) in [6.45, 7) is 1.63. The molecule has 0 saturated carbocycles. The van der Waals surface area contributed by atoms with Gasteiger partial charge in [-0.15, -0.1) is 0 Å². The summed E-state index contributed by atoms with van der Waals surface area (Å²) in [5, 5.41) is 4.20. The molecule has 2 aromatic rings. The topological polar surface area (TPSA) is 82.5 Å². The Balaban J connectivity index is 1.54. The lowest BCUT2D eigenvalue weighted by Gasteiger charge is -2.24. The number of hydrogen-bond donors (Lipinski definition) is 1. The van der Waals surface area contributed by atoms with Gasteiger partial charge in [-0.25, -0.2) is 13.1 Å². The number of nitrogens with one attached hydrogen (secondary N) is 1. The SMILES string of the molecule is O=S(=O)(N[C@@H]1CCn2nccc2C1)c1ccc2c(c1)OCCO2. The lowest BCUT2D eigenvalue weighted by molar-refractivity contribution is 0.171. The van der Waals surface area contributed by atoms with Crippen molar-refractivity contribution in [2.75, 3.05) is 13.2 Å². The summed E-state index contributed by atoms with van der Waals surface area (Å²) in [6.07, 6.45) is 3.11. The van der Waals surface area contributed by atoms with Crippen LogP contribution in [0.15, 0.2) is 35.4 Å². The first-order valence-electron chi connectivity index (χ1n) is 7.54. The highest BCUT2D eigenvalue weighted by atomic mass is 32.2. The second-order valence-corrected chi connectivity index (χ2v) is 7.38. The Morgan fingerprint density at radius 2 is 2.00 bits per heavy atom. The summed E-state index contributed by atoms with van der Waals surface area (Å²) in [5.74, 6) is 1.05. The van der Waals surface area contributed by atoms with Gasteiger partial charge in [0.1, 0.15) is 13.2 Å². The molecule has 3 heterocycles. The van der Waals surface area contributed by atoms with Gasteiger partial charge < -0.3 is 9.47 Å². The molecule has 0 amide bonds. The standard InChI is InChI=1S/C15H17N3O4S/c19-23(20,13-1-2-14-15(10-13)22-8-7-21-14)17-11-4-6-18-12(9-11)3-5-16-18/h1-3,5,10-11,17H,4,6-9H2/t11-/m1/s1. The molecule has 0 aliphatic carbocycles. The van der Waals surface area contributed by atoms with Gasteiger partial charge in [-0.3, -0.25) is 4.68 Å². The largest absolute Gasteiger partial charge is 0.486 e. The zero-order chi connectivity index (χ0) is 15.9. The van der Waals surface area contributed by atoms with Crippen LogP contribution in [0.4, 0.5) is 0 Å². The number of hydrogen-bond acceptors (Lipinski definition) is 5. The van der Waals surface area contributed by atoms with Crippen LogP contribution in [-0.2, 0) is 23.0 Å². The van der Waals surface area contributed by atoms with E-state index in [1.807, 2.05) is 10.7 Å². The molecule has 7 nitrogen and oxygen atoms in total. The minimum atomic E-state index is -3.59. The van der Waals surface area contributed by atoms with Gasteiger partial charge in [0, 0.05) is 37.0 Å². The van der Waals surface area contributed by atoms with Crippen LogP contribution >= 0.6 is 0 Å². The van der Waals surface area contributed by atoms with E-state index in [4.69, 9.17) is 9.47 Å². The van der Waals surface area contributed by atoms with Gasteiger partial charge in [-0.2, -0.15) is 5.10 Å². The van der Waals surface area contributed by atoms with E-state index in [2.05, 4.69) is 9.82 Å². The average molecular weight is 335 g/mol. The fraction of sp³-hybridized carbons (Fsp3) is 0.400. The van der Waals surface area contributed by atoms with E-state index in [-0.39, 0.29) is 10.9 Å². The molecule has 1 aromatic heterocycles. The highest BCUT2D eigenvalue weighted by Gasteiger charge is 2.26. The number of sulfonamides is 1. The van der Waals surface area contributed by atoms with Crippen LogP contribution in [0.25, 0.3) is 0 Å². The van der Waals surface area contributed by atoms with Crippen molar-refractivity contribution in [2.45, 2.75) is 30.3 Å². The third kappa shape index (κ3) is 2.79. The maximum absolute atomic E-state index is 12.6. The molecule has 23 heavy (non-hydrogen) atoms. The fourth-order valence-electron chi connectivity index (χ4n) is 2.95. The molecule has 4 rings (SSSR count). The number of aryl methyl sites for hydroxylation is 1. The summed E-state index contributed by atoms with van der Waals surface area (Å²) in [5.41, 5.74) is 1.05. The van der Waals surface area contributed by atoms with Gasteiger partial charge >= 0.3 is 0 Å². The number of aromatic nitrogens is 2. The molecular weight excluding hydrogens is 318 g/mol. The van der Waals surface area contributed by atoms with Crippen molar-refractivity contribution < 1.29 is 17.9 Å². The Hall–Kier alpha value is -2.06. The molecule has 1 aromatic carbocycles. The zero-order valence-electron chi connectivity index (χ0n) is 12.4. The number of fused-ring (bicyclic) bond motifs is 2. The normalized spacial score (nSPS) is 20.1. The van der Waals surface area contributed by atoms with Crippen LogP contribution in [0.3, 0.4) is 0 Å². The van der Waals surface area contributed by atoms with E-state index in [0.717, 1.165) is 18.7 Å². The van der Waals surface area contributed by atoms with Crippen molar-refractivity contribution in [3.8, 4) is 11.5 Å². The second kappa shape index (κ2) is 5.54. The molecular formula is C15H17N3O4S. The first kappa shape index (κ1) is 14.5. The summed E-state index contributed by atoms with van der Waals surface area (Å²) in [6, 6.07) is 6.49. The van der Waals surface area contributed by atoms with Gasteiger partial charge in [0.2, 0.25) is 10.0 Å².